The van der Waals surface area contributed by atoms with Gasteiger partial charge in [-0.2, -0.15) is 0 Å². The summed E-state index contributed by atoms with van der Waals surface area (Å²) < 4.78 is 11.2. The molecular formula is C23H20N2O3. The molecule has 0 saturated carbocycles. The van der Waals surface area contributed by atoms with Gasteiger partial charge in [0.25, 0.3) is 5.91 Å². The molecule has 4 aromatic rings. The monoisotopic (exact) mass is 372 g/mol. The summed E-state index contributed by atoms with van der Waals surface area (Å²) in [5.41, 5.74) is 2.59. The van der Waals surface area contributed by atoms with Crippen LogP contribution in [0.15, 0.2) is 71.1 Å². The summed E-state index contributed by atoms with van der Waals surface area (Å²) in [5.74, 6) is 0.0583. The molecule has 140 valence electrons. The molecule has 3 aromatic carbocycles. The molecular weight excluding hydrogens is 352 g/mol. The van der Waals surface area contributed by atoms with E-state index in [2.05, 4.69) is 16.3 Å². The third-order valence-electron chi connectivity index (χ3n) is 5.15. The van der Waals surface area contributed by atoms with Gasteiger partial charge in [-0.05, 0) is 47.2 Å². The number of ether oxygens (including phenoxy) is 1. The number of amides is 1. The van der Waals surface area contributed by atoms with Crippen LogP contribution in [0.3, 0.4) is 0 Å². The van der Waals surface area contributed by atoms with Gasteiger partial charge in [-0.15, -0.1) is 0 Å². The Morgan fingerprint density at radius 3 is 2.50 bits per heavy atom. The molecule has 0 bridgehead atoms. The van der Waals surface area contributed by atoms with Crippen molar-refractivity contribution in [3.8, 4) is 0 Å². The van der Waals surface area contributed by atoms with Gasteiger partial charge in [-0.3, -0.25) is 4.79 Å². The second-order valence-electron chi connectivity index (χ2n) is 6.91. The summed E-state index contributed by atoms with van der Waals surface area (Å²) >= 11 is 0. The van der Waals surface area contributed by atoms with E-state index in [0.717, 1.165) is 53.8 Å². The van der Waals surface area contributed by atoms with Crippen LogP contribution in [0.5, 0.6) is 0 Å². The standard InChI is InChI=1S/C23H20N2O3/c26-23(24-17-6-8-18(9-7-17)25-11-13-27-14-12-25)22-15-20-19-4-2-1-3-16(19)5-10-21(20)28-22/h1-10,15H,11-14H2,(H,24,26). The quantitative estimate of drug-likeness (QED) is 0.568. The lowest BCUT2D eigenvalue weighted by Gasteiger charge is -2.28. The predicted octanol–water partition coefficient (Wildman–Crippen LogP) is 4.67. The highest BCUT2D eigenvalue weighted by Crippen LogP contribution is 2.28. The number of hydrogen-bond donors (Lipinski definition) is 1. The highest BCUT2D eigenvalue weighted by molar-refractivity contribution is 6.10. The van der Waals surface area contributed by atoms with E-state index in [1.54, 1.807) is 0 Å². The summed E-state index contributed by atoms with van der Waals surface area (Å²) in [6.45, 7) is 3.27. The molecule has 0 atom stereocenters. The minimum absolute atomic E-state index is 0.251. The van der Waals surface area contributed by atoms with E-state index in [4.69, 9.17) is 9.15 Å². The van der Waals surface area contributed by atoms with Crippen molar-refractivity contribution in [2.24, 2.45) is 0 Å². The van der Waals surface area contributed by atoms with Crippen molar-refractivity contribution in [2.75, 3.05) is 36.5 Å². The summed E-state index contributed by atoms with van der Waals surface area (Å²) in [7, 11) is 0. The van der Waals surface area contributed by atoms with Crippen LogP contribution >= 0.6 is 0 Å². The Kier molecular flexibility index (Phi) is 4.22. The fraction of sp³-hybridized carbons (Fsp3) is 0.174. The van der Waals surface area contributed by atoms with Crippen molar-refractivity contribution in [1.29, 1.82) is 0 Å². The van der Waals surface area contributed by atoms with E-state index in [1.165, 1.54) is 0 Å². The van der Waals surface area contributed by atoms with Gasteiger partial charge in [-0.1, -0.05) is 30.3 Å². The Morgan fingerprint density at radius 1 is 0.893 bits per heavy atom. The number of morpholine rings is 1. The zero-order valence-corrected chi connectivity index (χ0v) is 15.4. The van der Waals surface area contributed by atoms with Gasteiger partial charge in [0.2, 0.25) is 0 Å². The molecule has 1 N–H and O–H groups in total. The fourth-order valence-corrected chi connectivity index (χ4v) is 3.67. The first kappa shape index (κ1) is 16.8. The van der Waals surface area contributed by atoms with E-state index < -0.39 is 0 Å². The molecule has 2 heterocycles. The van der Waals surface area contributed by atoms with Crippen molar-refractivity contribution < 1.29 is 13.9 Å². The van der Waals surface area contributed by atoms with Crippen LogP contribution in [0, 0.1) is 0 Å². The maximum atomic E-state index is 12.7. The lowest BCUT2D eigenvalue weighted by atomic mass is 10.1. The topological polar surface area (TPSA) is 54.7 Å². The second-order valence-corrected chi connectivity index (χ2v) is 6.91. The molecule has 5 rings (SSSR count). The van der Waals surface area contributed by atoms with Crippen LogP contribution in [-0.4, -0.2) is 32.2 Å². The highest BCUT2D eigenvalue weighted by Gasteiger charge is 2.15. The maximum Gasteiger partial charge on any atom is 0.291 e. The summed E-state index contributed by atoms with van der Waals surface area (Å²) in [6.07, 6.45) is 0. The van der Waals surface area contributed by atoms with Gasteiger partial charge in [0.1, 0.15) is 5.58 Å². The molecule has 5 heteroatoms. The van der Waals surface area contributed by atoms with Gasteiger partial charge in [0.05, 0.1) is 13.2 Å². The van der Waals surface area contributed by atoms with Crippen LogP contribution < -0.4 is 10.2 Å². The van der Waals surface area contributed by atoms with E-state index in [1.807, 2.05) is 60.7 Å². The average Bonchev–Trinajstić information content (AvgIpc) is 3.20. The van der Waals surface area contributed by atoms with Gasteiger partial charge in [0.15, 0.2) is 5.76 Å². The maximum absolute atomic E-state index is 12.7. The largest absolute Gasteiger partial charge is 0.451 e. The molecule has 1 aliphatic heterocycles. The number of benzene rings is 3. The molecule has 5 nitrogen and oxygen atoms in total. The molecule has 1 aliphatic rings. The van der Waals surface area contributed by atoms with Crippen LogP contribution in [0.4, 0.5) is 11.4 Å². The summed E-state index contributed by atoms with van der Waals surface area (Å²) in [5, 5.41) is 6.08. The number of nitrogens with zero attached hydrogens (tertiary/aromatic N) is 1. The fourth-order valence-electron chi connectivity index (χ4n) is 3.67. The van der Waals surface area contributed by atoms with Gasteiger partial charge < -0.3 is 19.4 Å². The normalized spacial score (nSPS) is 14.5. The summed E-state index contributed by atoms with van der Waals surface area (Å²) in [4.78, 5) is 15.0. The lowest BCUT2D eigenvalue weighted by molar-refractivity contribution is 0.0998. The van der Waals surface area contributed by atoms with E-state index in [-0.39, 0.29) is 5.91 Å². The zero-order valence-electron chi connectivity index (χ0n) is 15.4. The van der Waals surface area contributed by atoms with Gasteiger partial charge in [0, 0.05) is 29.9 Å². The number of carbonyl (C=O) groups excluding carboxylic acids is 1. The molecule has 0 radical (unpaired) electrons. The predicted molar refractivity (Wildman–Crippen MR) is 111 cm³/mol. The van der Waals surface area contributed by atoms with Gasteiger partial charge >= 0.3 is 0 Å². The van der Waals surface area contributed by atoms with Crippen molar-refractivity contribution in [3.63, 3.8) is 0 Å². The number of furan rings is 1. The number of fused-ring (bicyclic) bond motifs is 3. The molecule has 0 unspecified atom stereocenters. The number of nitrogens with one attached hydrogen (secondary N) is 1. The van der Waals surface area contributed by atoms with E-state index >= 15 is 0 Å². The first-order valence-corrected chi connectivity index (χ1v) is 9.43. The Bertz CT molecular complexity index is 1140. The van der Waals surface area contributed by atoms with Crippen LogP contribution in [-0.2, 0) is 4.74 Å². The third-order valence-corrected chi connectivity index (χ3v) is 5.15. The molecule has 1 amide bonds. The highest BCUT2D eigenvalue weighted by atomic mass is 16.5. The number of hydrogen-bond acceptors (Lipinski definition) is 4. The van der Waals surface area contributed by atoms with Crippen molar-refractivity contribution in [1.82, 2.24) is 0 Å². The first-order chi connectivity index (χ1) is 13.8. The number of carbonyl (C=O) groups is 1. The third kappa shape index (κ3) is 3.10. The van der Waals surface area contributed by atoms with Crippen molar-refractivity contribution in [2.45, 2.75) is 0 Å². The SMILES string of the molecule is O=C(Nc1ccc(N2CCOCC2)cc1)c1cc2c(ccc3ccccc32)o1. The van der Waals surface area contributed by atoms with Crippen LogP contribution in [0.1, 0.15) is 10.6 Å². The molecule has 1 fully saturated rings. The lowest BCUT2D eigenvalue weighted by Crippen LogP contribution is -2.36. The average molecular weight is 372 g/mol. The molecule has 1 aromatic heterocycles. The molecule has 0 aliphatic carbocycles. The molecule has 0 spiro atoms. The van der Waals surface area contributed by atoms with E-state index in [9.17, 15) is 4.79 Å². The van der Waals surface area contributed by atoms with Crippen molar-refractivity contribution in [3.05, 3.63) is 72.5 Å². The number of rotatable bonds is 3. The molecule has 1 saturated heterocycles. The minimum Gasteiger partial charge on any atom is -0.451 e. The molecule has 28 heavy (non-hydrogen) atoms. The summed E-state index contributed by atoms with van der Waals surface area (Å²) in [6, 6.07) is 21.7. The Labute approximate surface area is 162 Å². The smallest absolute Gasteiger partial charge is 0.291 e. The second kappa shape index (κ2) is 7.02. The number of anilines is 2. The Morgan fingerprint density at radius 2 is 1.68 bits per heavy atom. The van der Waals surface area contributed by atoms with E-state index in [0.29, 0.717) is 11.3 Å². The van der Waals surface area contributed by atoms with Crippen LogP contribution in [0.2, 0.25) is 0 Å². The van der Waals surface area contributed by atoms with Crippen LogP contribution in [0.25, 0.3) is 21.7 Å². The minimum atomic E-state index is -0.251. The zero-order chi connectivity index (χ0) is 18.9. The Balaban J connectivity index is 1.37. The van der Waals surface area contributed by atoms with Crippen molar-refractivity contribution >= 4 is 39.0 Å². The Hall–Kier alpha value is -3.31. The van der Waals surface area contributed by atoms with Gasteiger partial charge in [-0.25, -0.2) is 0 Å². The first-order valence-electron chi connectivity index (χ1n) is 9.43.